The van der Waals surface area contributed by atoms with Gasteiger partial charge in [-0.25, -0.2) is 4.31 Å². The van der Waals surface area contributed by atoms with Crippen LogP contribution < -0.4 is 5.32 Å². The molecule has 4 fully saturated rings. The summed E-state index contributed by atoms with van der Waals surface area (Å²) in [5.41, 5.74) is 0. The predicted octanol–water partition coefficient (Wildman–Crippen LogP) is -2.82. The SMILES string of the molecule is CN1C(=O)CC(N2C(=S)N(C3CC(=O)N(S)C3=O)C(=O)C2C2CC(=O)NC2=O)C1=O. The number of rotatable bonds is 3. The first-order valence-electron chi connectivity index (χ1n) is 8.89. The zero-order valence-corrected chi connectivity index (χ0v) is 17.1. The molecule has 0 bridgehead atoms. The van der Waals surface area contributed by atoms with E-state index in [0.717, 1.165) is 14.7 Å². The van der Waals surface area contributed by atoms with E-state index in [9.17, 15) is 33.6 Å². The number of likely N-dealkylation sites (tertiary alicyclic amines) is 1. The van der Waals surface area contributed by atoms with E-state index in [2.05, 4.69) is 18.1 Å². The van der Waals surface area contributed by atoms with Gasteiger partial charge in [-0.2, -0.15) is 0 Å². The number of likely N-dealkylation sites (N-methyl/N-ethyl adjacent to an activating group) is 1. The summed E-state index contributed by atoms with van der Waals surface area (Å²) in [5.74, 6) is -5.82. The number of imide groups is 3. The minimum atomic E-state index is -1.37. The molecule has 4 aliphatic rings. The van der Waals surface area contributed by atoms with Crippen molar-refractivity contribution in [1.29, 1.82) is 0 Å². The second-order valence-corrected chi connectivity index (χ2v) is 8.11. The maximum Gasteiger partial charge on any atom is 0.262 e. The van der Waals surface area contributed by atoms with Gasteiger partial charge in [-0.1, -0.05) is 12.8 Å². The molecular formula is C16H15N5O7S2. The molecule has 4 atom stereocenters. The number of carbonyl (C=O) groups is 7. The van der Waals surface area contributed by atoms with Crippen LogP contribution in [0.2, 0.25) is 0 Å². The second kappa shape index (κ2) is 6.84. The first-order valence-corrected chi connectivity index (χ1v) is 9.70. The van der Waals surface area contributed by atoms with Crippen molar-refractivity contribution in [2.24, 2.45) is 5.92 Å². The van der Waals surface area contributed by atoms with Crippen molar-refractivity contribution in [2.45, 2.75) is 37.4 Å². The molecule has 14 heteroatoms. The molecule has 12 nitrogen and oxygen atoms in total. The number of nitrogens with one attached hydrogen (secondary N) is 1. The third-order valence-electron chi connectivity index (χ3n) is 5.71. The van der Waals surface area contributed by atoms with Gasteiger partial charge in [-0.05, 0) is 12.2 Å². The van der Waals surface area contributed by atoms with Gasteiger partial charge in [0.05, 0.1) is 18.8 Å². The quantitative estimate of drug-likeness (QED) is 0.263. The molecule has 0 radical (unpaired) electrons. The molecule has 158 valence electrons. The minimum Gasteiger partial charge on any atom is -0.323 e. The predicted molar refractivity (Wildman–Crippen MR) is 102 cm³/mol. The number of nitrogens with zero attached hydrogens (tertiary/aromatic N) is 4. The molecule has 4 aliphatic heterocycles. The molecule has 0 spiro atoms. The highest BCUT2D eigenvalue weighted by Gasteiger charge is 2.60. The summed E-state index contributed by atoms with van der Waals surface area (Å²) in [4.78, 5) is 89.3. The monoisotopic (exact) mass is 453 g/mol. The van der Waals surface area contributed by atoms with E-state index in [1.807, 2.05) is 0 Å². The van der Waals surface area contributed by atoms with E-state index in [1.165, 1.54) is 7.05 Å². The molecule has 4 heterocycles. The van der Waals surface area contributed by atoms with Crippen molar-refractivity contribution in [3.63, 3.8) is 0 Å². The summed E-state index contributed by atoms with van der Waals surface area (Å²) in [6.45, 7) is 0. The Morgan fingerprint density at radius 1 is 0.900 bits per heavy atom. The molecule has 1 N–H and O–H groups in total. The molecule has 4 unspecified atom stereocenters. The fourth-order valence-corrected chi connectivity index (χ4v) is 4.84. The Labute approximate surface area is 180 Å². The number of hydrogen-bond acceptors (Lipinski definition) is 9. The number of thiol groups is 1. The Morgan fingerprint density at radius 3 is 2.00 bits per heavy atom. The third kappa shape index (κ3) is 2.74. The van der Waals surface area contributed by atoms with Crippen molar-refractivity contribution in [3.05, 3.63) is 0 Å². The van der Waals surface area contributed by atoms with Crippen LogP contribution in [-0.2, 0) is 33.6 Å². The lowest BCUT2D eigenvalue weighted by molar-refractivity contribution is -0.140. The van der Waals surface area contributed by atoms with Gasteiger partial charge in [-0.3, -0.25) is 48.7 Å². The molecule has 0 aromatic heterocycles. The number of amides is 7. The van der Waals surface area contributed by atoms with Crippen LogP contribution in [0, 0.1) is 5.92 Å². The largest absolute Gasteiger partial charge is 0.323 e. The van der Waals surface area contributed by atoms with Gasteiger partial charge in [0, 0.05) is 13.5 Å². The zero-order valence-electron chi connectivity index (χ0n) is 15.4. The standard InChI is InChI=1S/C16H15N5O7S2/c1-18-9(23)3-6(13(18)26)19-11(5-2-8(22)17-12(5)25)15(28)20(16(19)29)7-4-10(24)21(30)14(7)27/h5-7,11,30H,2-4H2,1H3,(H,17,22,25). The number of thiocarbonyl (C=S) groups is 1. The van der Waals surface area contributed by atoms with Crippen LogP contribution in [0.4, 0.5) is 0 Å². The highest BCUT2D eigenvalue weighted by molar-refractivity contribution is 7.80. The van der Waals surface area contributed by atoms with E-state index in [4.69, 9.17) is 12.2 Å². The van der Waals surface area contributed by atoms with Crippen LogP contribution in [-0.4, -0.2) is 90.6 Å². The fraction of sp³-hybridized carbons (Fsp3) is 0.500. The summed E-state index contributed by atoms with van der Waals surface area (Å²) in [5, 5.41) is 1.85. The molecule has 0 aliphatic carbocycles. The van der Waals surface area contributed by atoms with Gasteiger partial charge in [-0.15, -0.1) is 0 Å². The third-order valence-corrected chi connectivity index (χ3v) is 6.53. The normalized spacial score (nSPS) is 32.5. The Morgan fingerprint density at radius 2 is 1.53 bits per heavy atom. The highest BCUT2D eigenvalue weighted by atomic mass is 32.1. The zero-order chi connectivity index (χ0) is 22.1. The summed E-state index contributed by atoms with van der Waals surface area (Å²) < 4.78 is 0.571. The molecule has 7 amide bonds. The highest BCUT2D eigenvalue weighted by Crippen LogP contribution is 2.36. The van der Waals surface area contributed by atoms with Gasteiger partial charge < -0.3 is 4.90 Å². The smallest absolute Gasteiger partial charge is 0.262 e. The maximum atomic E-state index is 13.3. The van der Waals surface area contributed by atoms with Gasteiger partial charge in [0.15, 0.2) is 5.11 Å². The molecule has 4 rings (SSSR count). The van der Waals surface area contributed by atoms with Crippen LogP contribution in [0.15, 0.2) is 0 Å². The number of hydrogen-bond donors (Lipinski definition) is 2. The summed E-state index contributed by atoms with van der Waals surface area (Å²) in [6, 6.07) is -3.82. The van der Waals surface area contributed by atoms with Crippen LogP contribution in [0.5, 0.6) is 0 Å². The lowest BCUT2D eigenvalue weighted by Crippen LogP contribution is -2.51. The Hall–Kier alpha value is -2.87. The summed E-state index contributed by atoms with van der Waals surface area (Å²) in [6.07, 6.45) is -0.975. The van der Waals surface area contributed by atoms with Crippen molar-refractivity contribution in [1.82, 2.24) is 24.3 Å². The van der Waals surface area contributed by atoms with Crippen LogP contribution in [0.25, 0.3) is 0 Å². The molecular weight excluding hydrogens is 438 g/mol. The number of carbonyl (C=O) groups excluding carboxylic acids is 7. The molecule has 4 saturated heterocycles. The summed E-state index contributed by atoms with van der Waals surface area (Å²) in [7, 11) is 1.28. The first kappa shape index (κ1) is 20.4. The van der Waals surface area contributed by atoms with Crippen LogP contribution in [0.1, 0.15) is 19.3 Å². The van der Waals surface area contributed by atoms with Crippen molar-refractivity contribution in [2.75, 3.05) is 7.05 Å². The molecule has 0 saturated carbocycles. The Bertz CT molecular complexity index is 968. The molecule has 0 aromatic rings. The fourth-order valence-electron chi connectivity index (χ4n) is 4.17. The van der Waals surface area contributed by atoms with E-state index in [1.54, 1.807) is 0 Å². The minimum absolute atomic E-state index is 0.256. The van der Waals surface area contributed by atoms with Gasteiger partial charge in [0.2, 0.25) is 23.6 Å². The Kier molecular flexibility index (Phi) is 4.65. The van der Waals surface area contributed by atoms with Gasteiger partial charge in [0.25, 0.3) is 17.7 Å². The van der Waals surface area contributed by atoms with Crippen LogP contribution >= 0.6 is 25.0 Å². The van der Waals surface area contributed by atoms with Crippen LogP contribution in [0.3, 0.4) is 0 Å². The Balaban J connectivity index is 1.76. The average Bonchev–Trinajstić information content (AvgIpc) is 3.31. The summed E-state index contributed by atoms with van der Waals surface area (Å²) >= 11 is 9.18. The van der Waals surface area contributed by atoms with E-state index in [0.29, 0.717) is 4.31 Å². The van der Waals surface area contributed by atoms with Crippen molar-refractivity contribution >= 4 is 71.5 Å². The van der Waals surface area contributed by atoms with E-state index < -0.39 is 65.4 Å². The lowest BCUT2D eigenvalue weighted by atomic mass is 9.95. The van der Waals surface area contributed by atoms with E-state index in [-0.39, 0.29) is 24.4 Å². The van der Waals surface area contributed by atoms with Crippen molar-refractivity contribution < 1.29 is 33.6 Å². The van der Waals surface area contributed by atoms with Gasteiger partial charge >= 0.3 is 0 Å². The van der Waals surface area contributed by atoms with Gasteiger partial charge in [0.1, 0.15) is 18.1 Å². The lowest BCUT2D eigenvalue weighted by Gasteiger charge is -2.30. The maximum absolute atomic E-state index is 13.3. The molecule has 30 heavy (non-hydrogen) atoms. The average molecular weight is 453 g/mol. The van der Waals surface area contributed by atoms with E-state index >= 15 is 0 Å². The molecule has 0 aromatic carbocycles. The van der Waals surface area contributed by atoms with Crippen molar-refractivity contribution in [3.8, 4) is 0 Å². The first-order chi connectivity index (χ1) is 14.0. The topological polar surface area (TPSA) is 144 Å². The second-order valence-electron chi connectivity index (χ2n) is 7.34.